The molecule has 10 nitrogen and oxygen atoms in total. The average molecular weight is 537 g/mol. The number of hydrogen-bond donors (Lipinski definition) is 4. The van der Waals surface area contributed by atoms with Crippen molar-refractivity contribution in [2.75, 3.05) is 5.32 Å². The first-order chi connectivity index (χ1) is 15.6. The van der Waals surface area contributed by atoms with Crippen molar-refractivity contribution in [1.82, 2.24) is 9.55 Å². The summed E-state index contributed by atoms with van der Waals surface area (Å²) in [6, 6.07) is 1.12. The molecule has 13 heteroatoms. The minimum absolute atomic E-state index is 0.00755. The van der Waals surface area contributed by atoms with Crippen LogP contribution in [0.5, 0.6) is 0 Å². The molecule has 0 bridgehead atoms. The maximum Gasteiger partial charge on any atom is 0.207 e. The highest BCUT2D eigenvalue weighted by Gasteiger charge is 2.74. The van der Waals surface area contributed by atoms with Crippen LogP contribution < -0.4 is 5.32 Å². The standard InChI is InChI=1S/C21H24Cl3N3O7/c1-7(2)25-19-26-15-12(6-11(22)13(23)14(15)24)27(19)18-21(33,10(5)30)20(32,9(4)29)17(34-18)16(31)8(3)28/h6-8,17-18,28,32-33H,1-5H3,(H,25,26)/t8?,17-,18-,20-,21+/m0/s1. The molecule has 0 saturated carbocycles. The fourth-order valence-electron chi connectivity index (χ4n) is 4.08. The minimum atomic E-state index is -3.02. The molecular formula is C21H24Cl3N3O7. The van der Waals surface area contributed by atoms with Gasteiger partial charge in [-0.3, -0.25) is 19.0 Å². The molecule has 186 valence electrons. The van der Waals surface area contributed by atoms with Gasteiger partial charge in [0, 0.05) is 6.04 Å². The summed E-state index contributed by atoms with van der Waals surface area (Å²) in [6.45, 7) is 6.50. The normalized spacial score (nSPS) is 27.9. The Balaban J connectivity index is 2.43. The van der Waals surface area contributed by atoms with Gasteiger partial charge in [0.1, 0.15) is 11.6 Å². The van der Waals surface area contributed by atoms with Gasteiger partial charge in [-0.1, -0.05) is 34.8 Å². The molecule has 0 spiro atoms. The van der Waals surface area contributed by atoms with E-state index >= 15 is 0 Å². The number of carbonyl (C=O) groups excluding carboxylic acids is 3. The van der Waals surface area contributed by atoms with Crippen LogP contribution in [0.3, 0.4) is 0 Å². The summed E-state index contributed by atoms with van der Waals surface area (Å²) in [5, 5.41) is 35.9. The van der Waals surface area contributed by atoms with Crippen molar-refractivity contribution in [2.45, 2.75) is 70.3 Å². The van der Waals surface area contributed by atoms with Gasteiger partial charge in [-0.15, -0.1) is 0 Å². The summed E-state index contributed by atoms with van der Waals surface area (Å²) in [7, 11) is 0. The molecule has 1 aliphatic heterocycles. The predicted octanol–water partition coefficient (Wildman–Crippen LogP) is 2.30. The number of rotatable bonds is 7. The zero-order chi connectivity index (χ0) is 25.9. The van der Waals surface area contributed by atoms with E-state index in [2.05, 4.69) is 10.3 Å². The van der Waals surface area contributed by atoms with Gasteiger partial charge in [-0.2, -0.15) is 0 Å². The van der Waals surface area contributed by atoms with Crippen LogP contribution >= 0.6 is 34.8 Å². The van der Waals surface area contributed by atoms with Gasteiger partial charge in [-0.05, 0) is 40.7 Å². The zero-order valence-electron chi connectivity index (χ0n) is 18.9. The second kappa shape index (κ2) is 9.02. The third kappa shape index (κ3) is 3.72. The molecule has 1 fully saturated rings. The van der Waals surface area contributed by atoms with Crippen molar-refractivity contribution in [3.8, 4) is 0 Å². The predicted molar refractivity (Wildman–Crippen MR) is 125 cm³/mol. The first-order valence-electron chi connectivity index (χ1n) is 10.3. The molecule has 1 unspecified atom stereocenters. The van der Waals surface area contributed by atoms with Gasteiger partial charge in [0.2, 0.25) is 11.5 Å². The van der Waals surface area contributed by atoms with Crippen molar-refractivity contribution >= 4 is 69.1 Å². The van der Waals surface area contributed by atoms with E-state index < -0.39 is 47.0 Å². The van der Waals surface area contributed by atoms with Crippen LogP contribution in [-0.4, -0.2) is 71.7 Å². The SMILES string of the molecule is CC(=O)[C@@]1(O)[C@@H](n2c(NC(C)C)nc3c(Cl)c(Cl)c(Cl)cc32)O[C@@H](C(=O)C(C)O)[C@@]1(O)C(C)=O. The largest absolute Gasteiger partial charge is 0.386 e. The third-order valence-electron chi connectivity index (χ3n) is 5.80. The first kappa shape index (κ1) is 26.8. The lowest BCUT2D eigenvalue weighted by atomic mass is 9.73. The van der Waals surface area contributed by atoms with E-state index in [0.29, 0.717) is 0 Å². The smallest absolute Gasteiger partial charge is 0.207 e. The number of ketones is 3. The van der Waals surface area contributed by atoms with Gasteiger partial charge in [0.15, 0.2) is 35.3 Å². The monoisotopic (exact) mass is 535 g/mol. The number of carbonyl (C=O) groups is 3. The number of benzene rings is 1. The van der Waals surface area contributed by atoms with E-state index in [1.54, 1.807) is 13.8 Å². The second-order valence-corrected chi connectivity index (χ2v) is 9.71. The molecule has 1 aliphatic rings. The van der Waals surface area contributed by atoms with Crippen LogP contribution in [0.4, 0.5) is 5.95 Å². The molecular weight excluding hydrogens is 513 g/mol. The summed E-state index contributed by atoms with van der Waals surface area (Å²) >= 11 is 18.7. The lowest BCUT2D eigenvalue weighted by Gasteiger charge is -2.37. The van der Waals surface area contributed by atoms with E-state index in [1.807, 2.05) is 0 Å². The van der Waals surface area contributed by atoms with Gasteiger partial charge in [0.05, 0.1) is 20.6 Å². The average Bonchev–Trinajstić information content (AvgIpc) is 3.19. The summed E-state index contributed by atoms with van der Waals surface area (Å²) in [5.74, 6) is -3.28. The number of aliphatic hydroxyl groups is 3. The Kier molecular flexibility index (Phi) is 7.11. The van der Waals surface area contributed by atoms with E-state index in [4.69, 9.17) is 39.5 Å². The topological polar surface area (TPSA) is 151 Å². The number of aliphatic hydroxyl groups excluding tert-OH is 1. The maximum atomic E-state index is 12.8. The number of hydrogen-bond acceptors (Lipinski definition) is 9. The molecule has 0 amide bonds. The molecule has 0 aliphatic carbocycles. The lowest BCUT2D eigenvalue weighted by Crippen LogP contribution is -2.67. The summed E-state index contributed by atoms with van der Waals surface area (Å²) in [6.07, 6.45) is -5.61. The number of fused-ring (bicyclic) bond motifs is 1. The Morgan fingerprint density at radius 1 is 1.09 bits per heavy atom. The van der Waals surface area contributed by atoms with Crippen LogP contribution in [-0.2, 0) is 19.1 Å². The highest BCUT2D eigenvalue weighted by molar-refractivity contribution is 6.50. The fraction of sp³-hybridized carbons (Fsp3) is 0.524. The first-order valence-corrected chi connectivity index (χ1v) is 11.4. The Morgan fingerprint density at radius 2 is 1.65 bits per heavy atom. The highest BCUT2D eigenvalue weighted by Crippen LogP contribution is 2.50. The summed E-state index contributed by atoms with van der Waals surface area (Å²) in [4.78, 5) is 42.6. The van der Waals surface area contributed by atoms with E-state index in [0.717, 1.165) is 20.8 Å². The Hall–Kier alpha value is -1.79. The van der Waals surface area contributed by atoms with Crippen molar-refractivity contribution < 1.29 is 34.4 Å². The maximum absolute atomic E-state index is 12.8. The molecule has 0 radical (unpaired) electrons. The summed E-state index contributed by atoms with van der Waals surface area (Å²) in [5.41, 5.74) is -5.74. The van der Waals surface area contributed by atoms with E-state index in [9.17, 15) is 29.7 Å². The number of Topliss-reactive ketones (excluding diaryl/α,β-unsaturated/α-hetero) is 3. The number of anilines is 1. The highest BCUT2D eigenvalue weighted by atomic mass is 35.5. The van der Waals surface area contributed by atoms with Crippen LogP contribution in [0, 0.1) is 0 Å². The lowest BCUT2D eigenvalue weighted by molar-refractivity contribution is -0.181. The number of halogens is 3. The van der Waals surface area contributed by atoms with Crippen LogP contribution in [0.2, 0.25) is 15.1 Å². The number of nitrogens with one attached hydrogen (secondary N) is 1. The Labute approximate surface area is 209 Å². The molecule has 2 aromatic rings. The second-order valence-electron chi connectivity index (χ2n) is 8.55. The van der Waals surface area contributed by atoms with Crippen LogP contribution in [0.25, 0.3) is 11.0 Å². The Bertz CT molecular complexity index is 1200. The Morgan fingerprint density at radius 3 is 2.12 bits per heavy atom. The molecule has 3 rings (SSSR count). The van der Waals surface area contributed by atoms with Gasteiger partial charge < -0.3 is 25.4 Å². The number of nitrogens with zero attached hydrogens (tertiary/aromatic N) is 2. The fourth-order valence-corrected chi connectivity index (χ4v) is 4.71. The van der Waals surface area contributed by atoms with Crippen LogP contribution in [0.1, 0.15) is 40.8 Å². The van der Waals surface area contributed by atoms with Crippen molar-refractivity contribution in [3.05, 3.63) is 21.1 Å². The molecule has 1 aromatic heterocycles. The molecule has 5 atom stereocenters. The minimum Gasteiger partial charge on any atom is -0.386 e. The third-order valence-corrected chi connectivity index (χ3v) is 7.05. The van der Waals surface area contributed by atoms with Gasteiger partial charge in [0.25, 0.3) is 0 Å². The van der Waals surface area contributed by atoms with E-state index in [1.165, 1.54) is 10.6 Å². The van der Waals surface area contributed by atoms with Crippen molar-refractivity contribution in [2.24, 2.45) is 0 Å². The molecule has 34 heavy (non-hydrogen) atoms. The number of imidazole rings is 1. The molecule has 1 aromatic carbocycles. The van der Waals surface area contributed by atoms with Gasteiger partial charge in [-0.25, -0.2) is 4.98 Å². The van der Waals surface area contributed by atoms with Gasteiger partial charge >= 0.3 is 0 Å². The zero-order valence-corrected chi connectivity index (χ0v) is 21.2. The summed E-state index contributed by atoms with van der Waals surface area (Å²) < 4.78 is 6.91. The molecule has 1 saturated heterocycles. The van der Waals surface area contributed by atoms with Crippen molar-refractivity contribution in [1.29, 1.82) is 0 Å². The number of aromatic nitrogens is 2. The molecule has 4 N–H and O–H groups in total. The number of ether oxygens (including phenoxy) is 1. The quantitative estimate of drug-likeness (QED) is 0.391. The van der Waals surface area contributed by atoms with E-state index in [-0.39, 0.29) is 38.1 Å². The molecule has 2 heterocycles. The van der Waals surface area contributed by atoms with Crippen molar-refractivity contribution in [3.63, 3.8) is 0 Å². The van der Waals surface area contributed by atoms with Crippen LogP contribution in [0.15, 0.2) is 6.07 Å².